The molecule has 0 bridgehead atoms. The van der Waals surface area contributed by atoms with Gasteiger partial charge in [0.05, 0.1) is 5.92 Å². The Morgan fingerprint density at radius 2 is 1.86 bits per heavy atom. The summed E-state index contributed by atoms with van der Waals surface area (Å²) in [4.78, 5) is 14.9. The van der Waals surface area contributed by atoms with Crippen LogP contribution in [0.5, 0.6) is 0 Å². The van der Waals surface area contributed by atoms with Crippen LogP contribution in [-0.2, 0) is 16.1 Å². The lowest BCUT2D eigenvalue weighted by molar-refractivity contribution is -0.252. The number of ether oxygens (including phenoxy) is 1. The standard InChI is InChI=1S/C17H27NO3S/c1-11-7-13(12(2)22-11)10-21-15(19)14-8-16(3,4)18(20)17(5,6)9-14/h7,14,20H,8-10H2,1-6H3. The quantitative estimate of drug-likeness (QED) is 0.851. The van der Waals surface area contributed by atoms with Gasteiger partial charge in [-0.3, -0.25) is 4.79 Å². The fourth-order valence-corrected chi connectivity index (χ4v) is 4.46. The van der Waals surface area contributed by atoms with E-state index < -0.39 is 11.1 Å². The number of hydroxylamine groups is 2. The van der Waals surface area contributed by atoms with E-state index in [1.165, 1.54) is 14.8 Å². The Hall–Kier alpha value is -0.910. The molecule has 0 unspecified atom stereocenters. The van der Waals surface area contributed by atoms with Crippen LogP contribution >= 0.6 is 11.3 Å². The van der Waals surface area contributed by atoms with Crippen molar-refractivity contribution >= 4 is 17.3 Å². The van der Waals surface area contributed by atoms with Crippen LogP contribution in [0, 0.1) is 19.8 Å². The van der Waals surface area contributed by atoms with E-state index in [1.807, 2.05) is 27.7 Å². The van der Waals surface area contributed by atoms with Gasteiger partial charge in [-0.2, -0.15) is 5.06 Å². The average molecular weight is 325 g/mol. The molecule has 0 spiro atoms. The lowest BCUT2D eigenvalue weighted by atomic mass is 9.75. The molecule has 4 nitrogen and oxygen atoms in total. The first-order valence-corrected chi connectivity index (χ1v) is 8.56. The molecular formula is C17H27NO3S. The minimum atomic E-state index is -0.430. The highest BCUT2D eigenvalue weighted by Gasteiger charge is 2.47. The van der Waals surface area contributed by atoms with Crippen LogP contribution in [0.4, 0.5) is 0 Å². The molecule has 1 aromatic rings. The Bertz CT molecular complexity index is 544. The molecule has 2 heterocycles. The predicted molar refractivity (Wildman–Crippen MR) is 88.1 cm³/mol. The van der Waals surface area contributed by atoms with E-state index >= 15 is 0 Å². The number of esters is 1. The maximum absolute atomic E-state index is 12.5. The molecule has 124 valence electrons. The summed E-state index contributed by atoms with van der Waals surface area (Å²) in [7, 11) is 0. The maximum atomic E-state index is 12.5. The molecule has 0 aromatic carbocycles. The third-order valence-electron chi connectivity index (χ3n) is 4.49. The first-order valence-electron chi connectivity index (χ1n) is 7.75. The van der Waals surface area contributed by atoms with Crippen LogP contribution in [0.15, 0.2) is 6.07 Å². The van der Waals surface area contributed by atoms with Crippen molar-refractivity contribution in [2.75, 3.05) is 0 Å². The van der Waals surface area contributed by atoms with Crippen LogP contribution < -0.4 is 0 Å². The van der Waals surface area contributed by atoms with Gasteiger partial charge in [-0.05, 0) is 60.5 Å². The van der Waals surface area contributed by atoms with E-state index in [0.29, 0.717) is 19.4 Å². The monoisotopic (exact) mass is 325 g/mol. The summed E-state index contributed by atoms with van der Waals surface area (Å²) < 4.78 is 5.55. The van der Waals surface area contributed by atoms with Gasteiger partial charge in [0.25, 0.3) is 0 Å². The summed E-state index contributed by atoms with van der Waals surface area (Å²) >= 11 is 1.73. The molecule has 0 saturated carbocycles. The number of piperidine rings is 1. The Kier molecular flexibility index (Phi) is 4.71. The van der Waals surface area contributed by atoms with Crippen molar-refractivity contribution in [3.05, 3.63) is 21.4 Å². The van der Waals surface area contributed by atoms with E-state index in [-0.39, 0.29) is 11.9 Å². The second kappa shape index (κ2) is 5.95. The van der Waals surface area contributed by atoms with Crippen molar-refractivity contribution in [1.82, 2.24) is 5.06 Å². The molecule has 1 N–H and O–H groups in total. The van der Waals surface area contributed by atoms with E-state index in [1.54, 1.807) is 11.3 Å². The molecule has 22 heavy (non-hydrogen) atoms. The molecule has 2 rings (SSSR count). The van der Waals surface area contributed by atoms with Crippen molar-refractivity contribution in [2.45, 2.75) is 72.1 Å². The highest BCUT2D eigenvalue weighted by atomic mass is 32.1. The minimum absolute atomic E-state index is 0.155. The van der Waals surface area contributed by atoms with Gasteiger partial charge in [0.2, 0.25) is 0 Å². The van der Waals surface area contributed by atoms with Gasteiger partial charge >= 0.3 is 5.97 Å². The fourth-order valence-electron chi connectivity index (χ4n) is 3.53. The van der Waals surface area contributed by atoms with Crippen molar-refractivity contribution in [3.63, 3.8) is 0 Å². The average Bonchev–Trinajstić information content (AvgIpc) is 2.70. The molecule has 0 atom stereocenters. The Morgan fingerprint density at radius 3 is 2.32 bits per heavy atom. The fraction of sp³-hybridized carbons (Fsp3) is 0.706. The van der Waals surface area contributed by atoms with Crippen LogP contribution in [0.1, 0.15) is 55.9 Å². The number of nitrogens with zero attached hydrogens (tertiary/aromatic N) is 1. The lowest BCUT2D eigenvalue weighted by Gasteiger charge is -2.50. The summed E-state index contributed by atoms with van der Waals surface area (Å²) in [6, 6.07) is 2.08. The predicted octanol–water partition coefficient (Wildman–Crippen LogP) is 4.07. The van der Waals surface area contributed by atoms with E-state index in [2.05, 4.69) is 19.9 Å². The molecule has 1 saturated heterocycles. The van der Waals surface area contributed by atoms with Crippen molar-refractivity contribution in [3.8, 4) is 0 Å². The zero-order valence-electron chi connectivity index (χ0n) is 14.4. The van der Waals surface area contributed by atoms with E-state index in [0.717, 1.165) is 5.56 Å². The first-order chi connectivity index (χ1) is 10.0. The van der Waals surface area contributed by atoms with Gasteiger partial charge in [0.15, 0.2) is 0 Å². The molecular weight excluding hydrogens is 298 g/mol. The van der Waals surface area contributed by atoms with Crippen molar-refractivity contribution < 1.29 is 14.7 Å². The first kappa shape index (κ1) is 17.4. The molecule has 1 aliphatic heterocycles. The lowest BCUT2D eigenvalue weighted by Crippen LogP contribution is -2.60. The highest BCUT2D eigenvalue weighted by Crippen LogP contribution is 2.40. The number of hydrogen-bond donors (Lipinski definition) is 1. The van der Waals surface area contributed by atoms with E-state index in [9.17, 15) is 10.0 Å². The Balaban J connectivity index is 2.02. The zero-order chi connectivity index (χ0) is 16.7. The minimum Gasteiger partial charge on any atom is -0.461 e. The normalized spacial score (nSPS) is 21.8. The van der Waals surface area contributed by atoms with Crippen molar-refractivity contribution in [1.29, 1.82) is 0 Å². The second-order valence-corrected chi connectivity index (χ2v) is 9.05. The number of thiophene rings is 1. The Morgan fingerprint density at radius 1 is 1.32 bits per heavy atom. The second-order valence-electron chi connectivity index (χ2n) is 7.59. The maximum Gasteiger partial charge on any atom is 0.309 e. The molecule has 0 amide bonds. The van der Waals surface area contributed by atoms with Gasteiger partial charge in [0.1, 0.15) is 6.61 Å². The third kappa shape index (κ3) is 3.53. The summed E-state index contributed by atoms with van der Waals surface area (Å²) in [6.07, 6.45) is 1.21. The third-order valence-corrected chi connectivity index (χ3v) is 5.49. The van der Waals surface area contributed by atoms with Gasteiger partial charge in [-0.25, -0.2) is 0 Å². The molecule has 1 fully saturated rings. The molecule has 0 radical (unpaired) electrons. The van der Waals surface area contributed by atoms with Gasteiger partial charge in [-0.1, -0.05) is 0 Å². The largest absolute Gasteiger partial charge is 0.461 e. The number of carbonyl (C=O) groups is 1. The molecule has 5 heteroatoms. The van der Waals surface area contributed by atoms with E-state index in [4.69, 9.17) is 4.74 Å². The van der Waals surface area contributed by atoms with Crippen LogP contribution in [0.3, 0.4) is 0 Å². The molecule has 1 aromatic heterocycles. The molecule has 1 aliphatic rings. The number of carbonyl (C=O) groups excluding carboxylic acids is 1. The van der Waals surface area contributed by atoms with Crippen LogP contribution in [-0.4, -0.2) is 27.3 Å². The number of hydrogen-bond acceptors (Lipinski definition) is 5. The zero-order valence-corrected chi connectivity index (χ0v) is 15.2. The summed E-state index contributed by atoms with van der Waals surface area (Å²) in [5.74, 6) is -0.328. The molecule has 0 aliphatic carbocycles. The topological polar surface area (TPSA) is 49.8 Å². The Labute approximate surface area is 137 Å². The van der Waals surface area contributed by atoms with Crippen molar-refractivity contribution in [2.24, 2.45) is 5.92 Å². The number of aryl methyl sites for hydroxylation is 2. The SMILES string of the molecule is Cc1cc(COC(=O)C2CC(C)(C)N(O)C(C)(C)C2)c(C)s1. The van der Waals surface area contributed by atoms with Gasteiger partial charge in [-0.15, -0.1) is 11.3 Å². The summed E-state index contributed by atoms with van der Waals surface area (Å²) in [6.45, 7) is 12.3. The summed E-state index contributed by atoms with van der Waals surface area (Å²) in [5, 5.41) is 11.7. The van der Waals surface area contributed by atoms with Gasteiger partial charge < -0.3 is 9.94 Å². The van der Waals surface area contributed by atoms with Gasteiger partial charge in [0, 0.05) is 26.4 Å². The number of rotatable bonds is 3. The smallest absolute Gasteiger partial charge is 0.309 e. The van der Waals surface area contributed by atoms with Crippen LogP contribution in [0.2, 0.25) is 0 Å². The summed E-state index contributed by atoms with van der Waals surface area (Å²) in [5.41, 5.74) is 0.231. The van der Waals surface area contributed by atoms with Crippen LogP contribution in [0.25, 0.3) is 0 Å². The highest BCUT2D eigenvalue weighted by molar-refractivity contribution is 7.12.